The molecule has 0 aromatic heterocycles. The van der Waals surface area contributed by atoms with Crippen LogP contribution in [0.3, 0.4) is 0 Å². The molecule has 14 heteroatoms. The number of hydrogen-bond donors (Lipinski definition) is 1. The van der Waals surface area contributed by atoms with Gasteiger partial charge in [-0.15, -0.1) is 0 Å². The largest absolute Gasteiger partial charge is 0.372 e. The summed E-state index contributed by atoms with van der Waals surface area (Å²) in [5, 5.41) is 3.04. The number of piperidine rings is 5. The number of rotatable bonds is 15. The fourth-order valence-electron chi connectivity index (χ4n) is 12.4. The van der Waals surface area contributed by atoms with Crippen molar-refractivity contribution in [3.63, 3.8) is 0 Å². The van der Waals surface area contributed by atoms with Gasteiger partial charge < -0.3 is 19.6 Å². The molecule has 0 radical (unpaired) electrons. The molecule has 0 spiro atoms. The summed E-state index contributed by atoms with van der Waals surface area (Å²) < 4.78 is 27.4. The minimum absolute atomic E-state index is 0.0141. The second-order valence-electron chi connectivity index (χ2n) is 22.3. The Labute approximate surface area is 427 Å². The Morgan fingerprint density at radius 3 is 2.00 bits per heavy atom. The predicted molar refractivity (Wildman–Crippen MR) is 280 cm³/mol. The Kier molecular flexibility index (Phi) is 16.8. The summed E-state index contributed by atoms with van der Waals surface area (Å²) in [5.41, 5.74) is 2.87. The van der Waals surface area contributed by atoms with E-state index in [1.165, 1.54) is 19.3 Å². The van der Waals surface area contributed by atoms with E-state index in [1.54, 1.807) is 13.8 Å². The first-order valence-electron chi connectivity index (χ1n) is 26.1. The molecular formula is C56H75Cl2N5O6S. The molecule has 380 valence electrons. The number of nitrogens with one attached hydrogen (secondary N) is 1. The van der Waals surface area contributed by atoms with E-state index in [4.69, 9.17) is 23.2 Å². The molecule has 4 amide bonds. The van der Waals surface area contributed by atoms with E-state index in [0.29, 0.717) is 60.2 Å². The van der Waals surface area contributed by atoms with Gasteiger partial charge in [0.25, 0.3) is 0 Å². The summed E-state index contributed by atoms with van der Waals surface area (Å²) >= 11 is 13.0. The third-order valence-corrected chi connectivity index (χ3v) is 19.5. The number of imide groups is 1. The van der Waals surface area contributed by atoms with E-state index in [9.17, 15) is 22.8 Å². The topological polar surface area (TPSA) is 127 Å². The van der Waals surface area contributed by atoms with Gasteiger partial charge in [0.05, 0.1) is 28.4 Å². The standard InChI is InChI=1S/C56H75Cl2N5O6S/c1-37(2)50(36-70(68,69)38(3)4)63-53(42-12-14-45(57)15-13-42)49(43-8-6-10-46(58)31-43)33-56(5,55(63)67)34-52(65)62-28-20-40(21-29-62)30-39-18-24-60(25-19-39)35-41-22-26-61(27-23-41)47-11-7-9-44(32-47)48-16-17-51(64)59-54(48)66/h6-15,31-32,37-41,48-50,53H,16-30,33-36H2,1-5H3,(H,59,64,66)/t48?,49-,50-,53-,56-/m1/s1. The van der Waals surface area contributed by atoms with Crippen molar-refractivity contribution in [1.29, 1.82) is 0 Å². The van der Waals surface area contributed by atoms with Crippen molar-refractivity contribution in [2.24, 2.45) is 29.1 Å². The molecule has 5 fully saturated rings. The lowest BCUT2D eigenvalue weighted by Crippen LogP contribution is -2.59. The summed E-state index contributed by atoms with van der Waals surface area (Å²) in [6, 6.07) is 22.4. The maximum Gasteiger partial charge on any atom is 0.234 e. The van der Waals surface area contributed by atoms with E-state index < -0.39 is 32.6 Å². The number of amides is 4. The summed E-state index contributed by atoms with van der Waals surface area (Å²) in [7, 11) is -3.56. The molecule has 70 heavy (non-hydrogen) atoms. The fraction of sp³-hybridized carbons (Fsp3) is 0.607. The Bertz CT molecular complexity index is 2450. The molecule has 1 unspecified atom stereocenters. The number of likely N-dealkylation sites (tertiary alicyclic amines) is 3. The molecule has 0 saturated carbocycles. The molecule has 5 aliphatic rings. The summed E-state index contributed by atoms with van der Waals surface area (Å²) in [5.74, 6) is 0.470. The van der Waals surface area contributed by atoms with E-state index in [2.05, 4.69) is 27.2 Å². The molecule has 3 aromatic carbocycles. The highest BCUT2D eigenvalue weighted by atomic mass is 35.5. The van der Waals surface area contributed by atoms with Crippen molar-refractivity contribution in [1.82, 2.24) is 20.0 Å². The van der Waals surface area contributed by atoms with Gasteiger partial charge in [-0.05, 0) is 161 Å². The molecule has 11 nitrogen and oxygen atoms in total. The molecule has 0 bridgehead atoms. The monoisotopic (exact) mass is 1020 g/mol. The number of benzene rings is 3. The van der Waals surface area contributed by atoms with Crippen LogP contribution in [0, 0.1) is 29.1 Å². The molecule has 5 atom stereocenters. The van der Waals surface area contributed by atoms with E-state index in [-0.39, 0.29) is 53.6 Å². The minimum atomic E-state index is -3.56. The van der Waals surface area contributed by atoms with Gasteiger partial charge in [-0.25, -0.2) is 8.42 Å². The van der Waals surface area contributed by atoms with Crippen LogP contribution in [-0.4, -0.2) is 110 Å². The van der Waals surface area contributed by atoms with E-state index in [1.807, 2.05) is 91.2 Å². The van der Waals surface area contributed by atoms with Crippen LogP contribution in [0.2, 0.25) is 10.0 Å². The first-order chi connectivity index (χ1) is 33.4. The van der Waals surface area contributed by atoms with Gasteiger partial charge in [0, 0.05) is 73.3 Å². The fourth-order valence-corrected chi connectivity index (χ4v) is 14.1. The molecule has 1 N–H and O–H groups in total. The van der Waals surface area contributed by atoms with Crippen LogP contribution in [-0.2, 0) is 29.0 Å². The van der Waals surface area contributed by atoms with Crippen LogP contribution < -0.4 is 10.2 Å². The minimum Gasteiger partial charge on any atom is -0.372 e. The quantitative estimate of drug-likeness (QED) is 0.149. The van der Waals surface area contributed by atoms with Crippen LogP contribution in [0.4, 0.5) is 5.69 Å². The van der Waals surface area contributed by atoms with Gasteiger partial charge in [0.15, 0.2) is 9.84 Å². The molecule has 5 heterocycles. The average Bonchev–Trinajstić information content (AvgIpc) is 3.33. The number of hydrogen-bond acceptors (Lipinski definition) is 8. The lowest BCUT2D eigenvalue weighted by molar-refractivity contribution is -0.159. The Hall–Kier alpha value is -3.97. The van der Waals surface area contributed by atoms with E-state index in [0.717, 1.165) is 80.8 Å². The predicted octanol–water partition coefficient (Wildman–Crippen LogP) is 10.1. The van der Waals surface area contributed by atoms with Gasteiger partial charge in [-0.2, -0.15) is 0 Å². The maximum atomic E-state index is 15.4. The number of carbonyl (C=O) groups excluding carboxylic acids is 4. The van der Waals surface area contributed by atoms with Gasteiger partial charge in [0.2, 0.25) is 23.6 Å². The Balaban J connectivity index is 0.855. The molecule has 0 aliphatic carbocycles. The molecule has 5 aliphatic heterocycles. The highest BCUT2D eigenvalue weighted by Crippen LogP contribution is 2.53. The van der Waals surface area contributed by atoms with Gasteiger partial charge in [-0.1, -0.05) is 80.4 Å². The van der Waals surface area contributed by atoms with Crippen LogP contribution in [0.5, 0.6) is 0 Å². The Morgan fingerprint density at radius 1 is 0.743 bits per heavy atom. The number of nitrogens with zero attached hydrogens (tertiary/aromatic N) is 4. The van der Waals surface area contributed by atoms with Crippen molar-refractivity contribution in [3.8, 4) is 0 Å². The first-order valence-corrected chi connectivity index (χ1v) is 28.6. The second kappa shape index (κ2) is 22.4. The van der Waals surface area contributed by atoms with Gasteiger partial charge in [0.1, 0.15) is 0 Å². The molecule has 3 aromatic rings. The SMILES string of the molecule is CC(C)[C@@H](CS(=O)(=O)C(C)C)N1C(=O)[C@@](C)(CC(=O)N2CCC(CC3CCN(CC4CCN(c5cccc(C6CCC(=O)NC6=O)c5)CC4)CC3)CC2)C[C@H](c2cccc(Cl)c2)[C@H]1c1ccc(Cl)cc1. The zero-order valence-corrected chi connectivity index (χ0v) is 44.3. The molecule has 5 saturated heterocycles. The molecule has 8 rings (SSSR count). The average molecular weight is 1020 g/mol. The summed E-state index contributed by atoms with van der Waals surface area (Å²) in [6.45, 7) is 16.1. The van der Waals surface area contributed by atoms with Crippen molar-refractivity contribution >= 4 is 62.4 Å². The number of carbonyl (C=O) groups is 4. The van der Waals surface area contributed by atoms with Gasteiger partial charge >= 0.3 is 0 Å². The zero-order chi connectivity index (χ0) is 49.9. The van der Waals surface area contributed by atoms with Crippen molar-refractivity contribution in [2.75, 3.05) is 56.5 Å². The van der Waals surface area contributed by atoms with Crippen LogP contribution >= 0.6 is 23.2 Å². The first kappa shape index (κ1) is 52.4. The zero-order valence-electron chi connectivity index (χ0n) is 42.0. The molecular weight excluding hydrogens is 942 g/mol. The van der Waals surface area contributed by atoms with Crippen LogP contribution in [0.15, 0.2) is 72.8 Å². The summed E-state index contributed by atoms with van der Waals surface area (Å²) in [6.07, 6.45) is 9.25. The number of anilines is 1. The van der Waals surface area contributed by atoms with Crippen LogP contribution in [0.25, 0.3) is 0 Å². The smallest absolute Gasteiger partial charge is 0.234 e. The maximum absolute atomic E-state index is 15.4. The lowest BCUT2D eigenvalue weighted by atomic mass is 9.66. The van der Waals surface area contributed by atoms with Crippen molar-refractivity contribution in [2.45, 2.75) is 134 Å². The van der Waals surface area contributed by atoms with Crippen molar-refractivity contribution in [3.05, 3.63) is 99.5 Å². The highest BCUT2D eigenvalue weighted by molar-refractivity contribution is 7.92. The van der Waals surface area contributed by atoms with Gasteiger partial charge in [-0.3, -0.25) is 24.5 Å². The van der Waals surface area contributed by atoms with E-state index >= 15 is 4.79 Å². The number of halogens is 2. The highest BCUT2D eigenvalue weighted by Gasteiger charge is 2.54. The van der Waals surface area contributed by atoms with Crippen molar-refractivity contribution < 1.29 is 27.6 Å². The Morgan fingerprint density at radius 2 is 1.37 bits per heavy atom. The third-order valence-electron chi connectivity index (χ3n) is 16.7. The van der Waals surface area contributed by atoms with Crippen LogP contribution in [0.1, 0.15) is 140 Å². The normalized spacial score (nSPS) is 25.5. The lowest BCUT2D eigenvalue weighted by Gasteiger charge is -2.53. The summed E-state index contributed by atoms with van der Waals surface area (Å²) in [4.78, 5) is 63.1. The second-order valence-corrected chi connectivity index (χ2v) is 25.8. The number of sulfone groups is 1. The third kappa shape index (κ3) is 12.3.